The van der Waals surface area contributed by atoms with Gasteiger partial charge in [0.2, 0.25) is 0 Å². The van der Waals surface area contributed by atoms with Crippen LogP contribution in [0.15, 0.2) is 30.3 Å². The molecule has 2 fully saturated rings. The molecule has 2 aliphatic rings. The van der Waals surface area contributed by atoms with Crippen LogP contribution in [0.4, 0.5) is 0 Å². The zero-order chi connectivity index (χ0) is 15.5. The Morgan fingerprint density at radius 1 is 1.17 bits per heavy atom. The molecule has 1 aromatic carbocycles. The first-order chi connectivity index (χ1) is 11.3. The van der Waals surface area contributed by atoms with Gasteiger partial charge in [0.05, 0.1) is 25.4 Å². The Kier molecular flexibility index (Phi) is 4.07. The highest BCUT2D eigenvalue weighted by atomic mass is 16.5. The van der Waals surface area contributed by atoms with Crippen LogP contribution >= 0.6 is 0 Å². The number of tetrazole rings is 1. The van der Waals surface area contributed by atoms with Gasteiger partial charge < -0.3 is 9.47 Å². The van der Waals surface area contributed by atoms with E-state index in [0.717, 1.165) is 50.7 Å². The zero-order valence-corrected chi connectivity index (χ0v) is 13.1. The normalized spacial score (nSPS) is 25.7. The lowest BCUT2D eigenvalue weighted by atomic mass is 9.94. The maximum atomic E-state index is 6.05. The second kappa shape index (κ2) is 6.35. The van der Waals surface area contributed by atoms with Crippen LogP contribution < -0.4 is 0 Å². The summed E-state index contributed by atoms with van der Waals surface area (Å²) in [5.41, 5.74) is 0.832. The van der Waals surface area contributed by atoms with Gasteiger partial charge in [0.25, 0.3) is 0 Å². The molecule has 23 heavy (non-hydrogen) atoms. The van der Waals surface area contributed by atoms with Gasteiger partial charge in [-0.2, -0.15) is 4.68 Å². The van der Waals surface area contributed by atoms with Gasteiger partial charge in [-0.3, -0.25) is 4.90 Å². The molecular formula is C16H21N5O2. The summed E-state index contributed by atoms with van der Waals surface area (Å²) in [5.74, 6) is 0.852. The first-order valence-electron chi connectivity index (χ1n) is 8.11. The minimum atomic E-state index is -0.151. The molecule has 122 valence electrons. The first kappa shape index (κ1) is 14.7. The molecule has 0 aliphatic carbocycles. The van der Waals surface area contributed by atoms with Crippen LogP contribution in [0.25, 0.3) is 5.69 Å². The summed E-state index contributed by atoms with van der Waals surface area (Å²) in [7, 11) is 0. The van der Waals surface area contributed by atoms with Crippen LogP contribution in [0.1, 0.15) is 18.7 Å². The molecule has 1 unspecified atom stereocenters. The van der Waals surface area contributed by atoms with Gasteiger partial charge >= 0.3 is 0 Å². The van der Waals surface area contributed by atoms with E-state index < -0.39 is 0 Å². The van der Waals surface area contributed by atoms with E-state index in [1.165, 1.54) is 0 Å². The van der Waals surface area contributed by atoms with Crippen molar-refractivity contribution in [3.8, 4) is 5.69 Å². The molecule has 1 spiro atoms. The Hall–Kier alpha value is -1.83. The third kappa shape index (κ3) is 3.12. The summed E-state index contributed by atoms with van der Waals surface area (Å²) >= 11 is 0. The third-order valence-electron chi connectivity index (χ3n) is 4.51. The summed E-state index contributed by atoms with van der Waals surface area (Å²) < 4.78 is 13.5. The van der Waals surface area contributed by atoms with Crippen molar-refractivity contribution in [3.63, 3.8) is 0 Å². The van der Waals surface area contributed by atoms with E-state index in [-0.39, 0.29) is 5.60 Å². The molecular weight excluding hydrogens is 294 g/mol. The standard InChI is InChI=1S/C16H21N5O2/c1-2-5-14(6-3-1)21-15(17-18-19-21)11-20-8-10-23-16(12-20)7-4-9-22-13-16/h1-3,5-6H,4,7-13H2. The molecule has 0 radical (unpaired) electrons. The summed E-state index contributed by atoms with van der Waals surface area (Å²) in [6, 6.07) is 9.99. The number of nitrogens with zero attached hydrogens (tertiary/aromatic N) is 5. The predicted molar refractivity (Wildman–Crippen MR) is 83.2 cm³/mol. The fraction of sp³-hybridized carbons (Fsp3) is 0.562. The van der Waals surface area contributed by atoms with Crippen LogP contribution in [-0.4, -0.2) is 63.6 Å². The molecule has 3 heterocycles. The van der Waals surface area contributed by atoms with Crippen LogP contribution in [-0.2, 0) is 16.0 Å². The Bertz CT molecular complexity index is 633. The highest BCUT2D eigenvalue weighted by Crippen LogP contribution is 2.28. The van der Waals surface area contributed by atoms with Gasteiger partial charge in [-0.15, -0.1) is 5.10 Å². The number of hydrogen-bond donors (Lipinski definition) is 0. The van der Waals surface area contributed by atoms with Crippen molar-refractivity contribution in [1.29, 1.82) is 0 Å². The van der Waals surface area contributed by atoms with Crippen molar-refractivity contribution in [2.24, 2.45) is 0 Å². The number of morpholine rings is 1. The van der Waals surface area contributed by atoms with Crippen LogP contribution in [0.2, 0.25) is 0 Å². The van der Waals surface area contributed by atoms with E-state index in [4.69, 9.17) is 9.47 Å². The van der Waals surface area contributed by atoms with Gasteiger partial charge in [0, 0.05) is 19.7 Å². The maximum absolute atomic E-state index is 6.05. The van der Waals surface area contributed by atoms with E-state index >= 15 is 0 Å². The second-order valence-electron chi connectivity index (χ2n) is 6.24. The Labute approximate surface area is 135 Å². The van der Waals surface area contributed by atoms with Crippen molar-refractivity contribution >= 4 is 0 Å². The van der Waals surface area contributed by atoms with Gasteiger partial charge in [-0.25, -0.2) is 0 Å². The van der Waals surface area contributed by atoms with E-state index in [0.29, 0.717) is 13.2 Å². The number of para-hydroxylation sites is 1. The molecule has 0 saturated carbocycles. The van der Waals surface area contributed by atoms with Crippen molar-refractivity contribution in [2.45, 2.75) is 25.0 Å². The highest BCUT2D eigenvalue weighted by molar-refractivity contribution is 5.30. The number of hydrogen-bond acceptors (Lipinski definition) is 6. The van der Waals surface area contributed by atoms with Crippen molar-refractivity contribution in [1.82, 2.24) is 25.1 Å². The Morgan fingerprint density at radius 3 is 2.91 bits per heavy atom. The van der Waals surface area contributed by atoms with Gasteiger partial charge in [0.1, 0.15) is 5.60 Å². The third-order valence-corrected chi connectivity index (χ3v) is 4.51. The van der Waals surface area contributed by atoms with E-state index in [1.54, 1.807) is 4.68 Å². The average molecular weight is 315 g/mol. The van der Waals surface area contributed by atoms with Crippen molar-refractivity contribution in [3.05, 3.63) is 36.2 Å². The molecule has 2 saturated heterocycles. The molecule has 0 amide bonds. The topological polar surface area (TPSA) is 65.3 Å². The largest absolute Gasteiger partial charge is 0.378 e. The number of aromatic nitrogens is 4. The Balaban J connectivity index is 1.49. The molecule has 1 atom stereocenters. The summed E-state index contributed by atoms with van der Waals surface area (Å²) in [6.45, 7) is 4.74. The van der Waals surface area contributed by atoms with E-state index in [2.05, 4.69) is 20.4 Å². The first-order valence-corrected chi connectivity index (χ1v) is 8.11. The molecule has 0 N–H and O–H groups in total. The lowest BCUT2D eigenvalue weighted by molar-refractivity contribution is -0.169. The molecule has 7 nitrogen and oxygen atoms in total. The number of ether oxygens (including phenoxy) is 2. The predicted octanol–water partition coefficient (Wildman–Crippen LogP) is 1.04. The molecule has 2 aliphatic heterocycles. The van der Waals surface area contributed by atoms with Crippen molar-refractivity contribution < 1.29 is 9.47 Å². The van der Waals surface area contributed by atoms with Crippen LogP contribution in [0, 0.1) is 0 Å². The lowest BCUT2D eigenvalue weighted by Gasteiger charge is -2.44. The van der Waals surface area contributed by atoms with E-state index in [1.807, 2.05) is 30.3 Å². The monoisotopic (exact) mass is 315 g/mol. The minimum absolute atomic E-state index is 0.151. The van der Waals surface area contributed by atoms with Gasteiger partial charge in [-0.05, 0) is 35.4 Å². The van der Waals surface area contributed by atoms with Gasteiger partial charge in [0.15, 0.2) is 5.82 Å². The molecule has 7 heteroatoms. The fourth-order valence-electron chi connectivity index (χ4n) is 3.40. The maximum Gasteiger partial charge on any atom is 0.170 e. The average Bonchev–Trinajstić information content (AvgIpc) is 3.04. The highest BCUT2D eigenvalue weighted by Gasteiger charge is 2.38. The summed E-state index contributed by atoms with van der Waals surface area (Å²) in [4.78, 5) is 2.36. The zero-order valence-electron chi connectivity index (χ0n) is 13.1. The van der Waals surface area contributed by atoms with E-state index in [9.17, 15) is 0 Å². The summed E-state index contributed by atoms with van der Waals surface area (Å²) in [6.07, 6.45) is 2.13. The summed E-state index contributed by atoms with van der Waals surface area (Å²) in [5, 5.41) is 12.2. The lowest BCUT2D eigenvalue weighted by Crippen LogP contribution is -2.55. The molecule has 0 bridgehead atoms. The van der Waals surface area contributed by atoms with Crippen molar-refractivity contribution in [2.75, 3.05) is 32.9 Å². The molecule has 4 rings (SSSR count). The molecule has 2 aromatic rings. The smallest absolute Gasteiger partial charge is 0.170 e. The number of rotatable bonds is 3. The quantitative estimate of drug-likeness (QED) is 0.843. The molecule has 1 aromatic heterocycles. The van der Waals surface area contributed by atoms with Crippen LogP contribution in [0.5, 0.6) is 0 Å². The Morgan fingerprint density at radius 2 is 2.09 bits per heavy atom. The fourth-order valence-corrected chi connectivity index (χ4v) is 3.40. The second-order valence-corrected chi connectivity index (χ2v) is 6.24. The van der Waals surface area contributed by atoms with Crippen LogP contribution in [0.3, 0.4) is 0 Å². The minimum Gasteiger partial charge on any atom is -0.378 e. The number of benzene rings is 1. The van der Waals surface area contributed by atoms with Gasteiger partial charge in [-0.1, -0.05) is 18.2 Å². The SMILES string of the molecule is c1ccc(-n2nnnc2CN2CCOC3(CCCOC3)C2)cc1.